The maximum atomic E-state index is 11.6. The normalized spacial score (nSPS) is 11.5. The van der Waals surface area contributed by atoms with Crippen LogP contribution < -0.4 is 0 Å². The lowest BCUT2D eigenvalue weighted by atomic mass is 9.93. The van der Waals surface area contributed by atoms with Crippen LogP contribution in [0.15, 0.2) is 0 Å². The molecule has 17 heavy (non-hydrogen) atoms. The molecule has 3 nitrogen and oxygen atoms in total. The van der Waals surface area contributed by atoms with Crippen molar-refractivity contribution < 1.29 is 9.53 Å². The Kier molecular flexibility index (Phi) is 4.89. The molecule has 1 heterocycles. The van der Waals surface area contributed by atoms with Gasteiger partial charge in [0, 0.05) is 10.6 Å². The van der Waals surface area contributed by atoms with E-state index < -0.39 is 0 Å². The Bertz CT molecular complexity index is 440. The van der Waals surface area contributed by atoms with Gasteiger partial charge in [0.05, 0.1) is 13.0 Å². The van der Waals surface area contributed by atoms with Gasteiger partial charge in [0.1, 0.15) is 0 Å². The van der Waals surface area contributed by atoms with Gasteiger partial charge < -0.3 is 9.72 Å². The molecule has 0 spiro atoms. The van der Waals surface area contributed by atoms with Crippen molar-refractivity contribution in [1.82, 2.24) is 4.98 Å². The Hall–Kier alpha value is -0.680. The van der Waals surface area contributed by atoms with Crippen LogP contribution in [0, 0.1) is 16.3 Å². The largest absolute Gasteiger partial charge is 0.465 e. The molecule has 0 amide bonds. The molecule has 0 saturated heterocycles. The van der Waals surface area contributed by atoms with Crippen LogP contribution in [0.4, 0.5) is 0 Å². The van der Waals surface area contributed by atoms with E-state index in [1.807, 2.05) is 6.92 Å². The zero-order chi connectivity index (χ0) is 13.1. The number of nitrogens with one attached hydrogen (secondary N) is 1. The molecule has 0 aliphatic heterocycles. The number of carbonyl (C=O) groups excluding carboxylic acids is 1. The molecule has 1 aromatic rings. The Morgan fingerprint density at radius 2 is 2.12 bits per heavy atom. The van der Waals surface area contributed by atoms with E-state index in [-0.39, 0.29) is 11.4 Å². The van der Waals surface area contributed by atoms with Gasteiger partial charge in [-0.1, -0.05) is 20.8 Å². The predicted octanol–water partition coefficient (Wildman–Crippen LogP) is 3.64. The Morgan fingerprint density at radius 3 is 2.59 bits per heavy atom. The van der Waals surface area contributed by atoms with Crippen LogP contribution in [0.25, 0.3) is 0 Å². The van der Waals surface area contributed by atoms with Crippen LogP contribution in [0.3, 0.4) is 0 Å². The van der Waals surface area contributed by atoms with Crippen LogP contribution in [0.5, 0.6) is 0 Å². The molecule has 0 atom stereocenters. The maximum absolute atomic E-state index is 11.6. The molecule has 0 unspecified atom stereocenters. The van der Waals surface area contributed by atoms with Gasteiger partial charge in [-0.3, -0.25) is 4.79 Å². The van der Waals surface area contributed by atoms with Crippen LogP contribution in [0.2, 0.25) is 0 Å². The van der Waals surface area contributed by atoms with Gasteiger partial charge in [-0.05, 0) is 31.0 Å². The number of H-pyrrole nitrogens is 1. The van der Waals surface area contributed by atoms with Crippen LogP contribution in [-0.2, 0) is 16.0 Å². The zero-order valence-corrected chi connectivity index (χ0v) is 12.4. The van der Waals surface area contributed by atoms with E-state index in [1.165, 1.54) is 11.3 Å². The number of carbonyl (C=O) groups is 1. The van der Waals surface area contributed by atoms with Gasteiger partial charge in [-0.25, -0.2) is 0 Å². The standard InChI is InChI=1S/C12H19NO2S2/c1-8-9(17-11(16)13-8)7-10(14)15-6-5-12(2,3)4/h5-7H2,1-4H3,(H,13,16). The molecule has 0 aromatic carbocycles. The highest BCUT2D eigenvalue weighted by Crippen LogP contribution is 2.19. The molecule has 1 N–H and O–H groups in total. The molecule has 0 aliphatic carbocycles. The minimum absolute atomic E-state index is 0.178. The first-order chi connectivity index (χ1) is 7.78. The lowest BCUT2D eigenvalue weighted by Crippen LogP contribution is -2.14. The summed E-state index contributed by atoms with van der Waals surface area (Å²) in [4.78, 5) is 15.6. The number of aromatic nitrogens is 1. The number of ether oxygens (including phenoxy) is 1. The first-order valence-corrected chi connectivity index (χ1v) is 6.84. The first kappa shape index (κ1) is 14.4. The van der Waals surface area contributed by atoms with E-state index in [0.717, 1.165) is 17.0 Å². The number of thiazole rings is 1. The number of hydrogen-bond acceptors (Lipinski definition) is 4. The monoisotopic (exact) mass is 273 g/mol. The second kappa shape index (κ2) is 5.78. The van der Waals surface area contributed by atoms with Crippen LogP contribution in [-0.4, -0.2) is 17.6 Å². The van der Waals surface area contributed by atoms with Gasteiger partial charge in [-0.15, -0.1) is 11.3 Å². The molecule has 5 heteroatoms. The van der Waals surface area contributed by atoms with E-state index >= 15 is 0 Å². The maximum Gasteiger partial charge on any atom is 0.311 e. The molecule has 0 radical (unpaired) electrons. The summed E-state index contributed by atoms with van der Waals surface area (Å²) in [6.45, 7) is 8.79. The van der Waals surface area contributed by atoms with Crippen molar-refractivity contribution >= 4 is 29.5 Å². The quantitative estimate of drug-likeness (QED) is 0.673. The molecule has 0 aliphatic rings. The summed E-state index contributed by atoms with van der Waals surface area (Å²) in [6, 6.07) is 0. The molecule has 1 rings (SSSR count). The van der Waals surface area contributed by atoms with Crippen molar-refractivity contribution in [3.8, 4) is 0 Å². The topological polar surface area (TPSA) is 42.1 Å². The summed E-state index contributed by atoms with van der Waals surface area (Å²) in [5.41, 5.74) is 1.16. The van der Waals surface area contributed by atoms with Crippen molar-refractivity contribution in [3.63, 3.8) is 0 Å². The third-order valence-corrected chi connectivity index (χ3v) is 3.68. The molecular weight excluding hydrogens is 254 g/mol. The van der Waals surface area contributed by atoms with Gasteiger partial charge in [0.15, 0.2) is 3.95 Å². The average Bonchev–Trinajstić information content (AvgIpc) is 2.42. The second-order valence-electron chi connectivity index (χ2n) is 5.27. The minimum Gasteiger partial charge on any atom is -0.465 e. The van der Waals surface area contributed by atoms with E-state index in [9.17, 15) is 4.79 Å². The summed E-state index contributed by atoms with van der Waals surface area (Å²) in [5, 5.41) is 0. The van der Waals surface area contributed by atoms with Gasteiger partial charge >= 0.3 is 5.97 Å². The van der Waals surface area contributed by atoms with Crippen molar-refractivity contribution in [2.45, 2.75) is 40.5 Å². The summed E-state index contributed by atoms with van der Waals surface area (Å²) in [6.07, 6.45) is 1.19. The molecule has 0 saturated carbocycles. The van der Waals surface area contributed by atoms with Gasteiger partial charge in [-0.2, -0.15) is 0 Å². The molecular formula is C12H19NO2S2. The highest BCUT2D eigenvalue weighted by Gasteiger charge is 2.13. The molecule has 96 valence electrons. The van der Waals surface area contributed by atoms with Crippen LogP contribution in [0.1, 0.15) is 37.8 Å². The van der Waals surface area contributed by atoms with Gasteiger partial charge in [0.2, 0.25) is 0 Å². The number of hydrogen-bond donors (Lipinski definition) is 1. The number of aromatic amines is 1. The van der Waals surface area contributed by atoms with Crippen molar-refractivity contribution in [2.75, 3.05) is 6.61 Å². The summed E-state index contributed by atoms with van der Waals surface area (Å²) in [5.74, 6) is -0.178. The summed E-state index contributed by atoms with van der Waals surface area (Å²) in [7, 11) is 0. The first-order valence-electron chi connectivity index (χ1n) is 5.62. The number of esters is 1. The summed E-state index contributed by atoms with van der Waals surface area (Å²) < 4.78 is 5.91. The SMILES string of the molecule is Cc1[nH]c(=S)sc1CC(=O)OCCC(C)(C)C. The zero-order valence-electron chi connectivity index (χ0n) is 10.8. The fourth-order valence-corrected chi connectivity index (χ4v) is 2.54. The Balaban J connectivity index is 2.40. The minimum atomic E-state index is -0.178. The van der Waals surface area contributed by atoms with E-state index in [0.29, 0.717) is 17.0 Å². The molecule has 0 fully saturated rings. The van der Waals surface area contributed by atoms with Crippen molar-refractivity contribution in [3.05, 3.63) is 14.5 Å². The van der Waals surface area contributed by atoms with Crippen LogP contribution >= 0.6 is 23.6 Å². The van der Waals surface area contributed by atoms with E-state index in [1.54, 1.807) is 0 Å². The van der Waals surface area contributed by atoms with Crippen molar-refractivity contribution in [2.24, 2.45) is 5.41 Å². The highest BCUT2D eigenvalue weighted by molar-refractivity contribution is 7.73. The van der Waals surface area contributed by atoms with E-state index in [4.69, 9.17) is 17.0 Å². The smallest absolute Gasteiger partial charge is 0.311 e. The van der Waals surface area contributed by atoms with E-state index in [2.05, 4.69) is 25.8 Å². The van der Waals surface area contributed by atoms with Crippen molar-refractivity contribution in [1.29, 1.82) is 0 Å². The predicted molar refractivity (Wildman–Crippen MR) is 73.0 cm³/mol. The fraction of sp³-hybridized carbons (Fsp3) is 0.667. The Morgan fingerprint density at radius 1 is 1.47 bits per heavy atom. The second-order valence-corrected chi connectivity index (χ2v) is 7.04. The molecule has 0 bridgehead atoms. The highest BCUT2D eigenvalue weighted by atomic mass is 32.1. The summed E-state index contributed by atoms with van der Waals surface area (Å²) >= 11 is 6.46. The lowest BCUT2D eigenvalue weighted by molar-refractivity contribution is -0.143. The number of rotatable bonds is 4. The number of aryl methyl sites for hydroxylation is 1. The Labute approximate surface area is 111 Å². The third-order valence-electron chi connectivity index (χ3n) is 2.34. The molecule has 1 aromatic heterocycles. The average molecular weight is 273 g/mol. The fourth-order valence-electron chi connectivity index (χ4n) is 1.26. The third kappa shape index (κ3) is 5.46. The van der Waals surface area contributed by atoms with Gasteiger partial charge in [0.25, 0.3) is 0 Å². The lowest BCUT2D eigenvalue weighted by Gasteiger charge is -2.17.